The van der Waals surface area contributed by atoms with Gasteiger partial charge in [-0.25, -0.2) is 13.8 Å². The first-order chi connectivity index (χ1) is 15.5. The van der Waals surface area contributed by atoms with E-state index in [2.05, 4.69) is 10.3 Å². The van der Waals surface area contributed by atoms with Crippen molar-refractivity contribution in [1.82, 2.24) is 4.98 Å². The molecule has 1 aromatic heterocycles. The Morgan fingerprint density at radius 2 is 1.88 bits per heavy atom. The van der Waals surface area contributed by atoms with Crippen LogP contribution in [-0.4, -0.2) is 18.0 Å². The number of amides is 1. The zero-order valence-corrected chi connectivity index (χ0v) is 17.8. The van der Waals surface area contributed by atoms with Crippen LogP contribution in [0, 0.1) is 11.6 Å². The van der Waals surface area contributed by atoms with Crippen LogP contribution in [-0.2, 0) is 6.61 Å². The Balaban J connectivity index is 1.50. The van der Waals surface area contributed by atoms with Gasteiger partial charge in [0.2, 0.25) is 0 Å². The quantitative estimate of drug-likeness (QED) is 0.378. The number of hydrogen-bond donors (Lipinski definition) is 1. The molecule has 5 nitrogen and oxygen atoms in total. The molecule has 0 aliphatic carbocycles. The molecule has 4 rings (SSSR count). The van der Waals surface area contributed by atoms with Crippen molar-refractivity contribution in [2.24, 2.45) is 0 Å². The topological polar surface area (TPSA) is 60.5 Å². The molecular weight excluding hydrogens is 434 g/mol. The highest BCUT2D eigenvalue weighted by atomic mass is 32.1. The van der Waals surface area contributed by atoms with E-state index in [0.29, 0.717) is 33.3 Å². The number of carbonyl (C=O) groups excluding carboxylic acids is 1. The van der Waals surface area contributed by atoms with Crippen LogP contribution in [0.25, 0.3) is 10.6 Å². The third kappa shape index (κ3) is 4.92. The van der Waals surface area contributed by atoms with E-state index in [0.717, 1.165) is 12.1 Å². The van der Waals surface area contributed by atoms with Crippen molar-refractivity contribution in [2.45, 2.75) is 6.61 Å². The number of aromatic nitrogens is 1. The van der Waals surface area contributed by atoms with Crippen LogP contribution in [0.5, 0.6) is 11.5 Å². The molecule has 1 heterocycles. The number of thiazole rings is 1. The number of ether oxygens (including phenoxy) is 2. The largest absolute Gasteiger partial charge is 0.497 e. The number of halogens is 2. The number of nitrogens with one attached hydrogen (secondary N) is 1. The van der Waals surface area contributed by atoms with Crippen LogP contribution in [0.1, 0.15) is 16.1 Å². The summed E-state index contributed by atoms with van der Waals surface area (Å²) in [4.78, 5) is 17.1. The lowest BCUT2D eigenvalue weighted by molar-refractivity contribution is 0.102. The van der Waals surface area contributed by atoms with Gasteiger partial charge < -0.3 is 14.8 Å². The van der Waals surface area contributed by atoms with Gasteiger partial charge in [-0.15, -0.1) is 11.3 Å². The van der Waals surface area contributed by atoms with Gasteiger partial charge in [-0.05, 0) is 42.0 Å². The van der Waals surface area contributed by atoms with Crippen molar-refractivity contribution in [2.75, 3.05) is 12.4 Å². The highest BCUT2D eigenvalue weighted by molar-refractivity contribution is 7.13. The van der Waals surface area contributed by atoms with E-state index in [4.69, 9.17) is 9.47 Å². The predicted molar refractivity (Wildman–Crippen MR) is 119 cm³/mol. The summed E-state index contributed by atoms with van der Waals surface area (Å²) in [5.41, 5.74) is 2.05. The molecule has 0 radical (unpaired) electrons. The van der Waals surface area contributed by atoms with Gasteiger partial charge in [0.1, 0.15) is 28.8 Å². The molecule has 32 heavy (non-hydrogen) atoms. The van der Waals surface area contributed by atoms with Crippen molar-refractivity contribution in [3.05, 3.63) is 95.0 Å². The number of rotatable bonds is 7. The highest BCUT2D eigenvalue weighted by Gasteiger charge is 2.15. The van der Waals surface area contributed by atoms with Crippen molar-refractivity contribution >= 4 is 22.9 Å². The Kier molecular flexibility index (Phi) is 6.42. The van der Waals surface area contributed by atoms with E-state index < -0.39 is 11.6 Å². The minimum absolute atomic E-state index is 0.0583. The van der Waals surface area contributed by atoms with Gasteiger partial charge >= 0.3 is 0 Å². The molecule has 8 heteroatoms. The summed E-state index contributed by atoms with van der Waals surface area (Å²) in [6.07, 6.45) is 0. The van der Waals surface area contributed by atoms with Crippen LogP contribution in [0.15, 0.2) is 72.1 Å². The second-order valence-electron chi connectivity index (χ2n) is 6.76. The molecule has 0 saturated heterocycles. The summed E-state index contributed by atoms with van der Waals surface area (Å²) in [6, 6.07) is 17.9. The van der Waals surface area contributed by atoms with E-state index in [1.165, 1.54) is 17.4 Å². The van der Waals surface area contributed by atoms with E-state index >= 15 is 0 Å². The lowest BCUT2D eigenvalue weighted by Gasteiger charge is -2.10. The third-order valence-electron chi connectivity index (χ3n) is 4.56. The average Bonchev–Trinajstić information content (AvgIpc) is 3.30. The number of carbonyl (C=O) groups is 1. The smallest absolute Gasteiger partial charge is 0.275 e. The Bertz CT molecular complexity index is 1260. The zero-order valence-electron chi connectivity index (χ0n) is 17.0. The first kappa shape index (κ1) is 21.5. The van der Waals surface area contributed by atoms with Gasteiger partial charge in [-0.2, -0.15) is 0 Å². The molecule has 0 saturated carbocycles. The lowest BCUT2D eigenvalue weighted by atomic mass is 10.2. The molecule has 0 fully saturated rings. The molecule has 1 N–H and O–H groups in total. The van der Waals surface area contributed by atoms with Gasteiger partial charge in [0.25, 0.3) is 5.91 Å². The summed E-state index contributed by atoms with van der Waals surface area (Å²) in [5.74, 6) is -1.02. The van der Waals surface area contributed by atoms with Crippen LogP contribution in [0.3, 0.4) is 0 Å². The number of hydrogen-bond acceptors (Lipinski definition) is 5. The van der Waals surface area contributed by atoms with Crippen LogP contribution >= 0.6 is 11.3 Å². The molecule has 0 spiro atoms. The SMILES string of the molecule is COc1cccc(NC(=O)c2csc(-c3ccccc3OCc3ccc(F)c(F)c3)n2)c1. The van der Waals surface area contributed by atoms with Crippen molar-refractivity contribution in [1.29, 1.82) is 0 Å². The molecule has 162 valence electrons. The Morgan fingerprint density at radius 1 is 1.03 bits per heavy atom. The summed E-state index contributed by atoms with van der Waals surface area (Å²) >= 11 is 1.30. The monoisotopic (exact) mass is 452 g/mol. The summed E-state index contributed by atoms with van der Waals surface area (Å²) in [6.45, 7) is 0.0583. The zero-order chi connectivity index (χ0) is 22.5. The number of methoxy groups -OCH3 is 1. The summed E-state index contributed by atoms with van der Waals surface area (Å²) in [7, 11) is 1.56. The summed E-state index contributed by atoms with van der Waals surface area (Å²) < 4.78 is 37.6. The van der Waals surface area contributed by atoms with Gasteiger partial charge in [0, 0.05) is 17.1 Å². The average molecular weight is 452 g/mol. The molecule has 1 amide bonds. The first-order valence-corrected chi connectivity index (χ1v) is 10.5. The van der Waals surface area contributed by atoms with Crippen molar-refractivity contribution in [3.8, 4) is 22.1 Å². The fourth-order valence-corrected chi connectivity index (χ4v) is 3.79. The predicted octanol–water partition coefficient (Wildman–Crippen LogP) is 5.93. The molecule has 0 aliphatic rings. The van der Waals surface area contributed by atoms with E-state index in [1.54, 1.807) is 48.9 Å². The first-order valence-electron chi connectivity index (χ1n) is 9.60. The lowest BCUT2D eigenvalue weighted by Crippen LogP contribution is -2.12. The third-order valence-corrected chi connectivity index (χ3v) is 5.44. The van der Waals surface area contributed by atoms with Gasteiger partial charge in [-0.3, -0.25) is 4.79 Å². The Hall–Kier alpha value is -3.78. The highest BCUT2D eigenvalue weighted by Crippen LogP contribution is 2.33. The molecule has 0 bridgehead atoms. The Labute approximate surface area is 187 Å². The number of anilines is 1. The fourth-order valence-electron chi connectivity index (χ4n) is 2.96. The van der Waals surface area contributed by atoms with E-state index in [-0.39, 0.29) is 18.2 Å². The van der Waals surface area contributed by atoms with Crippen LogP contribution < -0.4 is 14.8 Å². The second-order valence-corrected chi connectivity index (χ2v) is 7.62. The number of nitrogens with zero attached hydrogens (tertiary/aromatic N) is 1. The van der Waals surface area contributed by atoms with Gasteiger partial charge in [-0.1, -0.05) is 24.3 Å². The Morgan fingerprint density at radius 3 is 2.69 bits per heavy atom. The maximum absolute atomic E-state index is 13.4. The van der Waals surface area contributed by atoms with Crippen LogP contribution in [0.4, 0.5) is 14.5 Å². The molecule has 0 aliphatic heterocycles. The second kappa shape index (κ2) is 9.57. The molecule has 3 aromatic carbocycles. The van der Waals surface area contributed by atoms with Gasteiger partial charge in [0.15, 0.2) is 11.6 Å². The van der Waals surface area contributed by atoms with Crippen molar-refractivity contribution < 1.29 is 23.0 Å². The number of para-hydroxylation sites is 1. The molecule has 0 atom stereocenters. The number of benzene rings is 3. The molecular formula is C24H18F2N2O3S. The molecule has 4 aromatic rings. The van der Waals surface area contributed by atoms with Gasteiger partial charge in [0.05, 0.1) is 12.7 Å². The van der Waals surface area contributed by atoms with Crippen molar-refractivity contribution in [3.63, 3.8) is 0 Å². The van der Waals surface area contributed by atoms with E-state index in [1.807, 2.05) is 12.1 Å². The standard InChI is InChI=1S/C24H18F2N2O3S/c1-30-17-6-4-5-16(12-17)27-23(29)21-14-32-24(28-21)18-7-2-3-8-22(18)31-13-15-9-10-19(25)20(26)11-15/h2-12,14H,13H2,1H3,(H,27,29). The molecule has 0 unspecified atom stereocenters. The van der Waals surface area contributed by atoms with Crippen LogP contribution in [0.2, 0.25) is 0 Å². The fraction of sp³-hybridized carbons (Fsp3) is 0.0833. The normalized spacial score (nSPS) is 10.6. The summed E-state index contributed by atoms with van der Waals surface area (Å²) in [5, 5.41) is 5.06. The maximum atomic E-state index is 13.4. The van der Waals surface area contributed by atoms with E-state index in [9.17, 15) is 13.6 Å². The maximum Gasteiger partial charge on any atom is 0.275 e. The minimum atomic E-state index is -0.925. The minimum Gasteiger partial charge on any atom is -0.497 e.